The van der Waals surface area contributed by atoms with Gasteiger partial charge < -0.3 is 5.32 Å². The molecule has 0 amide bonds. The van der Waals surface area contributed by atoms with E-state index in [0.717, 1.165) is 22.2 Å². The molecule has 0 aliphatic carbocycles. The van der Waals surface area contributed by atoms with Crippen molar-refractivity contribution in [3.63, 3.8) is 0 Å². The molecular weight excluding hydrogens is 210 g/mol. The SMILES string of the molecule is C1=CC=C(c2ccc3cncnc3c2)NC=C1. The molecule has 2 heterocycles. The maximum Gasteiger partial charge on any atom is 0.116 e. The summed E-state index contributed by atoms with van der Waals surface area (Å²) in [5.41, 5.74) is 3.14. The largest absolute Gasteiger partial charge is 0.361 e. The number of nitrogens with zero attached hydrogens (tertiary/aromatic N) is 2. The Balaban J connectivity index is 2.09. The predicted octanol–water partition coefficient (Wildman–Crippen LogP) is 2.64. The van der Waals surface area contributed by atoms with E-state index in [0.29, 0.717) is 0 Å². The van der Waals surface area contributed by atoms with Crippen LogP contribution < -0.4 is 5.32 Å². The smallest absolute Gasteiger partial charge is 0.116 e. The number of benzene rings is 1. The van der Waals surface area contributed by atoms with E-state index in [9.17, 15) is 0 Å². The van der Waals surface area contributed by atoms with Gasteiger partial charge in [0.05, 0.1) is 5.52 Å². The Morgan fingerprint density at radius 2 is 2.06 bits per heavy atom. The molecule has 0 saturated heterocycles. The van der Waals surface area contributed by atoms with Crippen molar-refractivity contribution in [1.29, 1.82) is 0 Å². The Bertz CT molecular complexity index is 639. The minimum absolute atomic E-state index is 0.956. The van der Waals surface area contributed by atoms with E-state index in [1.165, 1.54) is 0 Å². The van der Waals surface area contributed by atoms with Crippen LogP contribution in [0.15, 0.2) is 61.2 Å². The first-order chi connectivity index (χ1) is 8.43. The van der Waals surface area contributed by atoms with Gasteiger partial charge in [-0.25, -0.2) is 9.97 Å². The molecule has 3 rings (SSSR count). The standard InChI is InChI=1S/C14H11N3/c1-2-4-13(16-7-3-1)11-5-6-12-9-15-10-17-14(12)8-11/h1-10,16H. The summed E-state index contributed by atoms with van der Waals surface area (Å²) in [6.45, 7) is 0. The summed E-state index contributed by atoms with van der Waals surface area (Å²) in [5, 5.41) is 4.29. The maximum absolute atomic E-state index is 4.26. The molecule has 1 aromatic carbocycles. The molecule has 0 spiro atoms. The van der Waals surface area contributed by atoms with Crippen LogP contribution >= 0.6 is 0 Å². The topological polar surface area (TPSA) is 37.8 Å². The minimum atomic E-state index is 0.956. The fourth-order valence-corrected chi connectivity index (χ4v) is 1.78. The van der Waals surface area contributed by atoms with E-state index in [2.05, 4.69) is 27.4 Å². The Labute approximate surface area is 99.2 Å². The van der Waals surface area contributed by atoms with Gasteiger partial charge in [0, 0.05) is 29.0 Å². The molecule has 3 nitrogen and oxygen atoms in total. The van der Waals surface area contributed by atoms with Crippen molar-refractivity contribution in [3.8, 4) is 0 Å². The van der Waals surface area contributed by atoms with Crippen LogP contribution in [-0.2, 0) is 0 Å². The molecule has 1 aliphatic heterocycles. The van der Waals surface area contributed by atoms with Crippen LogP contribution in [0.1, 0.15) is 5.56 Å². The van der Waals surface area contributed by atoms with Gasteiger partial charge in [-0.3, -0.25) is 0 Å². The van der Waals surface area contributed by atoms with Gasteiger partial charge in [0.25, 0.3) is 0 Å². The van der Waals surface area contributed by atoms with Gasteiger partial charge in [-0.05, 0) is 18.2 Å². The van der Waals surface area contributed by atoms with Crippen molar-refractivity contribution in [1.82, 2.24) is 15.3 Å². The predicted molar refractivity (Wildman–Crippen MR) is 68.9 cm³/mol. The van der Waals surface area contributed by atoms with E-state index in [1.807, 2.05) is 42.8 Å². The third-order valence-electron chi connectivity index (χ3n) is 2.64. The Hall–Kier alpha value is -2.42. The van der Waals surface area contributed by atoms with Crippen molar-refractivity contribution in [2.24, 2.45) is 0 Å². The molecule has 0 bridgehead atoms. The number of rotatable bonds is 1. The molecule has 1 aromatic heterocycles. The number of fused-ring (bicyclic) bond motifs is 1. The molecule has 0 saturated carbocycles. The van der Waals surface area contributed by atoms with Gasteiger partial charge in [0.2, 0.25) is 0 Å². The fraction of sp³-hybridized carbons (Fsp3) is 0. The lowest BCUT2D eigenvalue weighted by molar-refractivity contribution is 1.20. The molecule has 82 valence electrons. The lowest BCUT2D eigenvalue weighted by Gasteiger charge is -2.07. The zero-order chi connectivity index (χ0) is 11.5. The number of hydrogen-bond donors (Lipinski definition) is 1. The first-order valence-electron chi connectivity index (χ1n) is 5.44. The Morgan fingerprint density at radius 3 is 3.06 bits per heavy atom. The van der Waals surface area contributed by atoms with Crippen molar-refractivity contribution < 1.29 is 0 Å². The quantitative estimate of drug-likeness (QED) is 0.804. The van der Waals surface area contributed by atoms with Gasteiger partial charge in [0.1, 0.15) is 6.33 Å². The molecule has 1 aliphatic rings. The van der Waals surface area contributed by atoms with Crippen LogP contribution in [0, 0.1) is 0 Å². The second kappa shape index (κ2) is 4.22. The van der Waals surface area contributed by atoms with Crippen molar-refractivity contribution in [3.05, 3.63) is 66.8 Å². The zero-order valence-corrected chi connectivity index (χ0v) is 9.17. The van der Waals surface area contributed by atoms with E-state index in [4.69, 9.17) is 0 Å². The molecule has 2 aromatic rings. The first-order valence-corrected chi connectivity index (χ1v) is 5.44. The molecule has 0 fully saturated rings. The maximum atomic E-state index is 4.26. The highest BCUT2D eigenvalue weighted by molar-refractivity contribution is 5.82. The van der Waals surface area contributed by atoms with Crippen LogP contribution in [0.5, 0.6) is 0 Å². The molecule has 3 heteroatoms. The Morgan fingerprint density at radius 1 is 1.06 bits per heavy atom. The summed E-state index contributed by atoms with van der Waals surface area (Å²) in [5.74, 6) is 0. The summed E-state index contributed by atoms with van der Waals surface area (Å²) < 4.78 is 0. The summed E-state index contributed by atoms with van der Waals surface area (Å²) in [7, 11) is 0. The van der Waals surface area contributed by atoms with Gasteiger partial charge in [-0.2, -0.15) is 0 Å². The minimum Gasteiger partial charge on any atom is -0.361 e. The highest BCUT2D eigenvalue weighted by Gasteiger charge is 2.02. The molecule has 1 N–H and O–H groups in total. The lowest BCUT2D eigenvalue weighted by atomic mass is 10.1. The first kappa shape index (κ1) is 9.78. The average Bonchev–Trinajstić information content (AvgIpc) is 2.67. The number of allylic oxidation sites excluding steroid dienone is 4. The second-order valence-corrected chi connectivity index (χ2v) is 3.77. The summed E-state index contributed by atoms with van der Waals surface area (Å²) in [6.07, 6.45) is 13.3. The van der Waals surface area contributed by atoms with Crippen LogP contribution in [0.3, 0.4) is 0 Å². The third-order valence-corrected chi connectivity index (χ3v) is 2.64. The summed E-state index contributed by atoms with van der Waals surface area (Å²) in [6, 6.07) is 6.16. The summed E-state index contributed by atoms with van der Waals surface area (Å²) >= 11 is 0. The summed E-state index contributed by atoms with van der Waals surface area (Å²) in [4.78, 5) is 8.26. The highest BCUT2D eigenvalue weighted by Crippen LogP contribution is 2.18. The van der Waals surface area contributed by atoms with E-state index in [1.54, 1.807) is 6.33 Å². The van der Waals surface area contributed by atoms with E-state index in [-0.39, 0.29) is 0 Å². The number of nitrogens with one attached hydrogen (secondary N) is 1. The number of hydrogen-bond acceptors (Lipinski definition) is 3. The molecule has 17 heavy (non-hydrogen) atoms. The van der Waals surface area contributed by atoms with E-state index >= 15 is 0 Å². The van der Waals surface area contributed by atoms with E-state index < -0.39 is 0 Å². The third kappa shape index (κ3) is 1.95. The highest BCUT2D eigenvalue weighted by atomic mass is 14.9. The molecule has 0 atom stereocenters. The molecular formula is C14H11N3. The van der Waals surface area contributed by atoms with Crippen molar-refractivity contribution in [2.75, 3.05) is 0 Å². The van der Waals surface area contributed by atoms with Gasteiger partial charge >= 0.3 is 0 Å². The van der Waals surface area contributed by atoms with Gasteiger partial charge in [-0.1, -0.05) is 24.3 Å². The van der Waals surface area contributed by atoms with Gasteiger partial charge in [-0.15, -0.1) is 0 Å². The number of aromatic nitrogens is 2. The van der Waals surface area contributed by atoms with Crippen molar-refractivity contribution >= 4 is 16.6 Å². The van der Waals surface area contributed by atoms with Crippen molar-refractivity contribution in [2.45, 2.75) is 0 Å². The normalized spacial score (nSPS) is 14.2. The van der Waals surface area contributed by atoms with Crippen LogP contribution in [0.25, 0.3) is 16.6 Å². The average molecular weight is 221 g/mol. The zero-order valence-electron chi connectivity index (χ0n) is 9.17. The van der Waals surface area contributed by atoms with Crippen LogP contribution in [0.4, 0.5) is 0 Å². The molecule has 0 radical (unpaired) electrons. The van der Waals surface area contributed by atoms with Crippen LogP contribution in [-0.4, -0.2) is 9.97 Å². The lowest BCUT2D eigenvalue weighted by Crippen LogP contribution is -2.02. The second-order valence-electron chi connectivity index (χ2n) is 3.77. The molecule has 0 unspecified atom stereocenters. The Kier molecular flexibility index (Phi) is 2.43. The fourth-order valence-electron chi connectivity index (χ4n) is 1.78. The van der Waals surface area contributed by atoms with Gasteiger partial charge in [0.15, 0.2) is 0 Å². The monoisotopic (exact) mass is 221 g/mol. The van der Waals surface area contributed by atoms with Crippen LogP contribution in [0.2, 0.25) is 0 Å².